The van der Waals surface area contributed by atoms with Crippen LogP contribution < -0.4 is 10.1 Å². The van der Waals surface area contributed by atoms with Crippen LogP contribution in [0.1, 0.15) is 32.6 Å². The van der Waals surface area contributed by atoms with E-state index < -0.39 is 0 Å². The largest absolute Gasteiger partial charge is 0.489 e. The molecule has 0 fully saturated rings. The number of hydrogen-bond donors (Lipinski definition) is 1. The van der Waals surface area contributed by atoms with Crippen LogP contribution in [0.4, 0.5) is 5.69 Å². The van der Waals surface area contributed by atoms with Gasteiger partial charge in [0.25, 0.3) is 5.91 Å². The third-order valence-corrected chi connectivity index (χ3v) is 4.75. The zero-order valence-corrected chi connectivity index (χ0v) is 16.4. The van der Waals surface area contributed by atoms with Crippen molar-refractivity contribution in [3.05, 3.63) is 93.5 Å². The summed E-state index contributed by atoms with van der Waals surface area (Å²) in [6.07, 6.45) is 0. The Morgan fingerprint density at radius 2 is 1.59 bits per heavy atom. The minimum absolute atomic E-state index is 0.136. The van der Waals surface area contributed by atoms with Crippen LogP contribution in [0.3, 0.4) is 0 Å². The van der Waals surface area contributed by atoms with Crippen LogP contribution >= 0.6 is 11.6 Å². The standard InChI is InChI=1S/C23H22ClNO2/c1-15-12-16(2)22(17(3)13-15)25-23(26)18-8-10-20(11-9-18)27-14-19-6-4-5-7-21(19)24/h4-13H,14H2,1-3H3,(H,25,26). The summed E-state index contributed by atoms with van der Waals surface area (Å²) < 4.78 is 5.76. The highest BCUT2D eigenvalue weighted by Crippen LogP contribution is 2.23. The van der Waals surface area contributed by atoms with Crippen LogP contribution in [0, 0.1) is 20.8 Å². The molecule has 0 aliphatic heterocycles. The first-order chi connectivity index (χ1) is 12.9. The van der Waals surface area contributed by atoms with Gasteiger partial charge in [-0.15, -0.1) is 0 Å². The van der Waals surface area contributed by atoms with E-state index in [1.54, 1.807) is 24.3 Å². The third-order valence-electron chi connectivity index (χ3n) is 4.38. The Bertz CT molecular complexity index is 941. The summed E-state index contributed by atoms with van der Waals surface area (Å²) in [4.78, 5) is 12.6. The molecule has 1 N–H and O–H groups in total. The lowest BCUT2D eigenvalue weighted by Crippen LogP contribution is -2.14. The zero-order valence-electron chi connectivity index (χ0n) is 15.7. The Morgan fingerprint density at radius 3 is 2.22 bits per heavy atom. The topological polar surface area (TPSA) is 38.3 Å². The lowest BCUT2D eigenvalue weighted by Gasteiger charge is -2.13. The van der Waals surface area contributed by atoms with Crippen molar-refractivity contribution in [2.45, 2.75) is 27.4 Å². The predicted molar refractivity (Wildman–Crippen MR) is 111 cm³/mol. The lowest BCUT2D eigenvalue weighted by atomic mass is 10.0. The van der Waals surface area contributed by atoms with Gasteiger partial charge in [-0.1, -0.05) is 47.5 Å². The Balaban J connectivity index is 1.66. The van der Waals surface area contributed by atoms with Crippen molar-refractivity contribution in [3.63, 3.8) is 0 Å². The molecule has 0 heterocycles. The van der Waals surface area contributed by atoms with Crippen molar-refractivity contribution >= 4 is 23.2 Å². The van der Waals surface area contributed by atoms with Crippen molar-refractivity contribution in [2.75, 3.05) is 5.32 Å². The summed E-state index contributed by atoms with van der Waals surface area (Å²) in [6, 6.07) is 18.8. The van der Waals surface area contributed by atoms with Gasteiger partial charge < -0.3 is 10.1 Å². The quantitative estimate of drug-likeness (QED) is 0.581. The number of aryl methyl sites for hydroxylation is 3. The number of benzene rings is 3. The lowest BCUT2D eigenvalue weighted by molar-refractivity contribution is 0.102. The summed E-state index contributed by atoms with van der Waals surface area (Å²) in [6.45, 7) is 6.43. The number of ether oxygens (including phenoxy) is 1. The number of carbonyl (C=O) groups excluding carboxylic acids is 1. The summed E-state index contributed by atoms with van der Waals surface area (Å²) in [5.74, 6) is 0.553. The van der Waals surface area contributed by atoms with Crippen molar-refractivity contribution in [1.82, 2.24) is 0 Å². The molecule has 0 unspecified atom stereocenters. The number of hydrogen-bond acceptors (Lipinski definition) is 2. The van der Waals surface area contributed by atoms with E-state index in [4.69, 9.17) is 16.3 Å². The van der Waals surface area contributed by atoms with Gasteiger partial charge in [0, 0.05) is 21.8 Å². The van der Waals surface area contributed by atoms with Crippen LogP contribution in [0.25, 0.3) is 0 Å². The van der Waals surface area contributed by atoms with Gasteiger partial charge >= 0.3 is 0 Å². The molecule has 0 aromatic heterocycles. The molecule has 0 aliphatic rings. The first kappa shape index (κ1) is 19.0. The van der Waals surface area contributed by atoms with Crippen molar-refractivity contribution in [2.24, 2.45) is 0 Å². The summed E-state index contributed by atoms with van der Waals surface area (Å²) >= 11 is 6.14. The fourth-order valence-corrected chi connectivity index (χ4v) is 3.23. The maximum atomic E-state index is 12.6. The van der Waals surface area contributed by atoms with Crippen LogP contribution in [0.5, 0.6) is 5.75 Å². The molecule has 27 heavy (non-hydrogen) atoms. The highest BCUT2D eigenvalue weighted by Gasteiger charge is 2.11. The monoisotopic (exact) mass is 379 g/mol. The smallest absolute Gasteiger partial charge is 0.255 e. The van der Waals surface area contributed by atoms with Crippen molar-refractivity contribution in [1.29, 1.82) is 0 Å². The van der Waals surface area contributed by atoms with Crippen molar-refractivity contribution < 1.29 is 9.53 Å². The first-order valence-corrected chi connectivity index (χ1v) is 9.17. The van der Waals surface area contributed by atoms with Gasteiger partial charge in [-0.2, -0.15) is 0 Å². The van der Waals surface area contributed by atoms with Gasteiger partial charge in [0.2, 0.25) is 0 Å². The van der Waals surface area contributed by atoms with Crippen LogP contribution in [-0.2, 0) is 6.61 Å². The highest BCUT2D eigenvalue weighted by molar-refractivity contribution is 6.31. The maximum Gasteiger partial charge on any atom is 0.255 e. The van der Waals surface area contributed by atoms with Gasteiger partial charge in [-0.3, -0.25) is 4.79 Å². The molecular formula is C23H22ClNO2. The zero-order chi connectivity index (χ0) is 19.4. The first-order valence-electron chi connectivity index (χ1n) is 8.79. The predicted octanol–water partition coefficient (Wildman–Crippen LogP) is 6.10. The molecule has 0 saturated carbocycles. The van der Waals surface area contributed by atoms with Gasteiger partial charge in [0.1, 0.15) is 12.4 Å². The minimum atomic E-state index is -0.136. The molecule has 3 aromatic carbocycles. The molecule has 4 heteroatoms. The Hall–Kier alpha value is -2.78. The summed E-state index contributed by atoms with van der Waals surface area (Å²) in [5, 5.41) is 3.69. The second-order valence-electron chi connectivity index (χ2n) is 6.63. The van der Waals surface area contributed by atoms with Crippen LogP contribution in [0.15, 0.2) is 60.7 Å². The molecule has 0 radical (unpaired) electrons. The van der Waals surface area contributed by atoms with E-state index in [0.29, 0.717) is 22.9 Å². The SMILES string of the molecule is Cc1cc(C)c(NC(=O)c2ccc(OCc3ccccc3Cl)cc2)c(C)c1. The van der Waals surface area contributed by atoms with Crippen LogP contribution in [0.2, 0.25) is 5.02 Å². The number of anilines is 1. The maximum absolute atomic E-state index is 12.6. The summed E-state index contributed by atoms with van der Waals surface area (Å²) in [7, 11) is 0. The van der Waals surface area contributed by atoms with Gasteiger partial charge in [0.05, 0.1) is 0 Å². The fraction of sp³-hybridized carbons (Fsp3) is 0.174. The van der Waals surface area contributed by atoms with E-state index in [0.717, 1.165) is 22.4 Å². The molecule has 3 rings (SSSR count). The van der Waals surface area contributed by atoms with Gasteiger partial charge in [-0.05, 0) is 62.2 Å². The molecule has 0 atom stereocenters. The van der Waals surface area contributed by atoms with E-state index in [1.807, 2.05) is 45.0 Å². The van der Waals surface area contributed by atoms with E-state index in [2.05, 4.69) is 17.4 Å². The molecule has 0 spiro atoms. The Labute approximate surface area is 164 Å². The molecule has 0 aliphatic carbocycles. The number of nitrogens with one attached hydrogen (secondary N) is 1. The minimum Gasteiger partial charge on any atom is -0.489 e. The second-order valence-corrected chi connectivity index (χ2v) is 7.04. The molecule has 0 bridgehead atoms. The average molecular weight is 380 g/mol. The van der Waals surface area contributed by atoms with E-state index in [-0.39, 0.29) is 5.91 Å². The summed E-state index contributed by atoms with van der Waals surface area (Å²) in [5.41, 5.74) is 5.67. The number of rotatable bonds is 5. The molecule has 138 valence electrons. The molecule has 1 amide bonds. The third kappa shape index (κ3) is 4.69. The van der Waals surface area contributed by atoms with Crippen LogP contribution in [-0.4, -0.2) is 5.91 Å². The second kappa shape index (κ2) is 8.28. The Morgan fingerprint density at radius 1 is 0.963 bits per heavy atom. The number of amides is 1. The molecule has 0 saturated heterocycles. The molecule has 3 aromatic rings. The fourth-order valence-electron chi connectivity index (χ4n) is 3.04. The Kier molecular flexibility index (Phi) is 5.82. The average Bonchev–Trinajstić information content (AvgIpc) is 2.64. The number of halogens is 1. The highest BCUT2D eigenvalue weighted by atomic mass is 35.5. The molecular weight excluding hydrogens is 358 g/mol. The van der Waals surface area contributed by atoms with Gasteiger partial charge in [-0.25, -0.2) is 0 Å². The normalized spacial score (nSPS) is 10.5. The van der Waals surface area contributed by atoms with E-state index >= 15 is 0 Å². The van der Waals surface area contributed by atoms with E-state index in [9.17, 15) is 4.79 Å². The van der Waals surface area contributed by atoms with E-state index in [1.165, 1.54) is 5.56 Å². The van der Waals surface area contributed by atoms with Gasteiger partial charge in [0.15, 0.2) is 0 Å². The van der Waals surface area contributed by atoms with Crippen molar-refractivity contribution in [3.8, 4) is 5.75 Å². The molecule has 3 nitrogen and oxygen atoms in total. The number of carbonyl (C=O) groups is 1.